The number of hydrogen-bond donors (Lipinski definition) is 4. The van der Waals surface area contributed by atoms with E-state index in [4.69, 9.17) is 17.5 Å². The van der Waals surface area contributed by atoms with Gasteiger partial charge in [-0.05, 0) is 13.8 Å². The third-order valence-corrected chi connectivity index (χ3v) is 0.332. The molecule has 0 unspecified atom stereocenters. The molecular weight excluding hydrogens is 220 g/mol. The standard InChI is InChI=1S/C4H10O3.2H3N.H2O4S/c1-3-5-7-6-4-2;;;1-5(2,3)4/h3-4H2,1-2H3;2*1H3;(H2,1,2,3,4). The van der Waals surface area contributed by atoms with E-state index in [-0.39, 0.29) is 12.3 Å². The van der Waals surface area contributed by atoms with Crippen LogP contribution >= 0.6 is 0 Å². The first-order valence-corrected chi connectivity index (χ1v) is 4.42. The van der Waals surface area contributed by atoms with Crippen LogP contribution in [0.3, 0.4) is 0 Å². The van der Waals surface area contributed by atoms with Gasteiger partial charge in [0.25, 0.3) is 0 Å². The Morgan fingerprint density at radius 2 is 1.21 bits per heavy atom. The third-order valence-electron chi connectivity index (χ3n) is 0.332. The fourth-order valence-corrected chi connectivity index (χ4v) is 0.130. The molecule has 0 bridgehead atoms. The maximum atomic E-state index is 8.74. The van der Waals surface area contributed by atoms with E-state index in [0.29, 0.717) is 13.2 Å². The summed E-state index contributed by atoms with van der Waals surface area (Å²) < 4.78 is 31.6. The van der Waals surface area contributed by atoms with Crippen molar-refractivity contribution in [1.82, 2.24) is 12.3 Å². The van der Waals surface area contributed by atoms with Crippen LogP contribution in [-0.2, 0) is 25.2 Å². The van der Waals surface area contributed by atoms with Crippen molar-refractivity contribution in [2.24, 2.45) is 0 Å². The Balaban J connectivity index is -0.0000000651. The molecule has 10 heteroatoms. The smallest absolute Gasteiger partial charge is 0.344 e. The second kappa shape index (κ2) is 15.2. The van der Waals surface area contributed by atoms with Gasteiger partial charge in [-0.2, -0.15) is 8.42 Å². The van der Waals surface area contributed by atoms with Crippen LogP contribution in [0.4, 0.5) is 0 Å². The van der Waals surface area contributed by atoms with Crippen LogP contribution in [0.1, 0.15) is 13.8 Å². The van der Waals surface area contributed by atoms with Gasteiger partial charge in [0.15, 0.2) is 0 Å². The maximum absolute atomic E-state index is 8.74. The van der Waals surface area contributed by atoms with E-state index in [0.717, 1.165) is 0 Å². The Hall–Kier alpha value is -0.330. The largest absolute Gasteiger partial charge is 0.394 e. The molecular formula is C4H18N2O7S. The molecule has 0 rings (SSSR count). The Labute approximate surface area is 82.9 Å². The normalized spacial score (nSPS) is 8.86. The van der Waals surface area contributed by atoms with Crippen LogP contribution < -0.4 is 12.3 Å². The number of rotatable bonds is 4. The topological polar surface area (TPSA) is 172 Å². The van der Waals surface area contributed by atoms with Crippen LogP contribution in [0.5, 0.6) is 0 Å². The zero-order valence-electron chi connectivity index (χ0n) is 8.17. The van der Waals surface area contributed by atoms with Gasteiger partial charge in [0.2, 0.25) is 0 Å². The number of hydrogen-bond acceptors (Lipinski definition) is 7. The zero-order chi connectivity index (χ0) is 10.0. The van der Waals surface area contributed by atoms with Gasteiger partial charge in [-0.3, -0.25) is 9.11 Å². The van der Waals surface area contributed by atoms with Crippen molar-refractivity contribution in [3.63, 3.8) is 0 Å². The highest BCUT2D eigenvalue weighted by Crippen LogP contribution is 1.77. The lowest BCUT2D eigenvalue weighted by Gasteiger charge is -1.94. The lowest BCUT2D eigenvalue weighted by molar-refractivity contribution is -0.509. The van der Waals surface area contributed by atoms with Gasteiger partial charge in [-0.25, -0.2) is 9.78 Å². The molecule has 14 heavy (non-hydrogen) atoms. The highest BCUT2D eigenvalue weighted by Gasteiger charge is 1.84. The molecule has 0 aromatic rings. The van der Waals surface area contributed by atoms with E-state index in [1.165, 1.54) is 0 Å². The molecule has 0 saturated heterocycles. The van der Waals surface area contributed by atoms with Gasteiger partial charge in [0.05, 0.1) is 13.2 Å². The Bertz CT molecular complexity index is 159. The molecule has 0 radical (unpaired) electrons. The molecule has 92 valence electrons. The van der Waals surface area contributed by atoms with Crippen molar-refractivity contribution in [1.29, 1.82) is 0 Å². The minimum absolute atomic E-state index is 0. The highest BCUT2D eigenvalue weighted by molar-refractivity contribution is 7.79. The summed E-state index contributed by atoms with van der Waals surface area (Å²) >= 11 is 0. The van der Waals surface area contributed by atoms with E-state index in [1.807, 2.05) is 13.8 Å². The second-order valence-corrected chi connectivity index (χ2v) is 2.22. The summed E-state index contributed by atoms with van der Waals surface area (Å²) in [6, 6.07) is 0. The van der Waals surface area contributed by atoms with Crippen LogP contribution in [-0.4, -0.2) is 30.7 Å². The van der Waals surface area contributed by atoms with Crippen LogP contribution in [0.25, 0.3) is 0 Å². The molecule has 0 aliphatic carbocycles. The van der Waals surface area contributed by atoms with E-state index in [9.17, 15) is 0 Å². The molecule has 9 nitrogen and oxygen atoms in total. The van der Waals surface area contributed by atoms with Crippen LogP contribution in [0, 0.1) is 0 Å². The minimum atomic E-state index is -4.67. The summed E-state index contributed by atoms with van der Waals surface area (Å²) in [5.41, 5.74) is 0. The maximum Gasteiger partial charge on any atom is 0.394 e. The molecule has 0 aliphatic rings. The molecule has 0 amide bonds. The van der Waals surface area contributed by atoms with E-state index < -0.39 is 10.4 Å². The fourth-order valence-electron chi connectivity index (χ4n) is 0.130. The van der Waals surface area contributed by atoms with E-state index in [2.05, 4.69) is 14.8 Å². The summed E-state index contributed by atoms with van der Waals surface area (Å²) in [6.45, 7) is 4.66. The summed E-state index contributed by atoms with van der Waals surface area (Å²) in [5, 5.41) is 4.13. The van der Waals surface area contributed by atoms with E-state index in [1.54, 1.807) is 0 Å². The van der Waals surface area contributed by atoms with E-state index >= 15 is 0 Å². The van der Waals surface area contributed by atoms with Crippen molar-refractivity contribution in [2.75, 3.05) is 13.2 Å². The SMILES string of the molecule is CCOOOCC.N.N.O=S(=O)(O)O. The average molecular weight is 238 g/mol. The molecule has 0 fully saturated rings. The predicted molar refractivity (Wildman–Crippen MR) is 48.6 cm³/mol. The predicted octanol–water partition coefficient (Wildman–Crippen LogP) is 0.577. The first-order chi connectivity index (χ1) is 5.41. The second-order valence-electron chi connectivity index (χ2n) is 1.33. The van der Waals surface area contributed by atoms with Gasteiger partial charge in [0.1, 0.15) is 0 Å². The molecule has 0 aliphatic heterocycles. The zero-order valence-corrected chi connectivity index (χ0v) is 8.99. The lowest BCUT2D eigenvalue weighted by atomic mass is 10.9. The summed E-state index contributed by atoms with van der Waals surface area (Å²) in [5.74, 6) is 0. The van der Waals surface area contributed by atoms with Gasteiger partial charge < -0.3 is 12.3 Å². The molecule has 0 saturated carbocycles. The van der Waals surface area contributed by atoms with Gasteiger partial charge >= 0.3 is 10.4 Å². The molecule has 0 aromatic carbocycles. The Morgan fingerprint density at radius 1 is 1.00 bits per heavy atom. The first kappa shape index (κ1) is 23.5. The summed E-state index contributed by atoms with van der Waals surface area (Å²) in [6.07, 6.45) is 0. The lowest BCUT2D eigenvalue weighted by Crippen LogP contribution is -1.94. The van der Waals surface area contributed by atoms with Crippen molar-refractivity contribution in [3.8, 4) is 0 Å². The van der Waals surface area contributed by atoms with Crippen molar-refractivity contribution in [2.45, 2.75) is 13.8 Å². The van der Waals surface area contributed by atoms with Gasteiger partial charge in [-0.1, -0.05) is 5.04 Å². The molecule has 0 spiro atoms. The third kappa shape index (κ3) is 98.6. The summed E-state index contributed by atoms with van der Waals surface area (Å²) in [7, 11) is -4.67. The molecule has 0 heterocycles. The molecule has 0 atom stereocenters. The first-order valence-electron chi connectivity index (χ1n) is 3.02. The summed E-state index contributed by atoms with van der Waals surface area (Å²) in [4.78, 5) is 8.70. The van der Waals surface area contributed by atoms with Crippen LogP contribution in [0.2, 0.25) is 0 Å². The van der Waals surface area contributed by atoms with Gasteiger partial charge in [0, 0.05) is 0 Å². The molecule has 8 N–H and O–H groups in total. The van der Waals surface area contributed by atoms with Crippen molar-refractivity contribution < 1.29 is 32.3 Å². The minimum Gasteiger partial charge on any atom is -0.344 e. The van der Waals surface area contributed by atoms with Crippen LogP contribution in [0.15, 0.2) is 0 Å². The quantitative estimate of drug-likeness (QED) is 0.236. The van der Waals surface area contributed by atoms with Crippen molar-refractivity contribution >= 4 is 10.4 Å². The average Bonchev–Trinajstić information content (AvgIpc) is 1.85. The highest BCUT2D eigenvalue weighted by atomic mass is 32.3. The molecule has 0 aromatic heterocycles. The Morgan fingerprint density at radius 3 is 1.36 bits per heavy atom. The fraction of sp³-hybridized carbons (Fsp3) is 1.00. The van der Waals surface area contributed by atoms with Gasteiger partial charge in [-0.15, -0.1) is 0 Å². The monoisotopic (exact) mass is 238 g/mol. The van der Waals surface area contributed by atoms with Crippen molar-refractivity contribution in [3.05, 3.63) is 0 Å². The Kier molecular flexibility index (Phi) is 25.4.